The van der Waals surface area contributed by atoms with E-state index in [4.69, 9.17) is 33.7 Å². The first-order valence-electron chi connectivity index (χ1n) is 6.19. The molecule has 1 atom stereocenters. The van der Waals surface area contributed by atoms with Crippen LogP contribution in [0.5, 0.6) is 0 Å². The molecule has 1 aromatic heterocycles. The highest BCUT2D eigenvalue weighted by atomic mass is 35.5. The van der Waals surface area contributed by atoms with Gasteiger partial charge in [0.15, 0.2) is 0 Å². The lowest BCUT2D eigenvalue weighted by Gasteiger charge is -2.21. The number of halogens is 2. The molecule has 1 rings (SSSR count). The third kappa shape index (κ3) is 5.94. The van der Waals surface area contributed by atoms with Crippen LogP contribution < -0.4 is 11.1 Å². The van der Waals surface area contributed by atoms with Crippen LogP contribution >= 0.6 is 23.2 Å². The molecule has 112 valence electrons. The number of nitrogens with two attached hydrogens (primary N) is 1. The maximum Gasteiger partial charge on any atom is 0.407 e. The Morgan fingerprint density at radius 3 is 2.45 bits per heavy atom. The van der Waals surface area contributed by atoms with Crippen LogP contribution in [0.3, 0.4) is 0 Å². The topological polar surface area (TPSA) is 77.2 Å². The summed E-state index contributed by atoms with van der Waals surface area (Å²) in [6, 6.07) is -0.320. The molecule has 0 aliphatic rings. The van der Waals surface area contributed by atoms with Crippen molar-refractivity contribution in [1.29, 1.82) is 0 Å². The van der Waals surface area contributed by atoms with Crippen molar-refractivity contribution < 1.29 is 9.53 Å². The molecular weight excluding hydrogens is 301 g/mol. The van der Waals surface area contributed by atoms with Crippen LogP contribution in [0.15, 0.2) is 12.4 Å². The van der Waals surface area contributed by atoms with Crippen molar-refractivity contribution in [3.63, 3.8) is 0 Å². The average molecular weight is 320 g/mol. The molecular formula is C13H19Cl2N3O2. The molecule has 0 bridgehead atoms. The molecule has 1 heterocycles. The van der Waals surface area contributed by atoms with Gasteiger partial charge < -0.3 is 15.8 Å². The summed E-state index contributed by atoms with van der Waals surface area (Å²) in [5.74, 6) is 0. The summed E-state index contributed by atoms with van der Waals surface area (Å²) in [5, 5.41) is 3.54. The lowest BCUT2D eigenvalue weighted by atomic mass is 10.1. The minimum atomic E-state index is -0.536. The van der Waals surface area contributed by atoms with Gasteiger partial charge in [0.1, 0.15) is 5.60 Å². The number of aromatic nitrogens is 1. The zero-order chi connectivity index (χ0) is 15.3. The largest absolute Gasteiger partial charge is 0.444 e. The summed E-state index contributed by atoms with van der Waals surface area (Å²) in [6.07, 6.45) is 2.96. The van der Waals surface area contributed by atoms with Crippen LogP contribution in [0.2, 0.25) is 10.0 Å². The standard InChI is InChI=1S/C13H19Cl2N3O2/c1-13(2,3)20-12(19)18-5-8(16)4-9-10(14)6-17-7-11(9)15/h6-8H,4-5,16H2,1-3H3,(H,18,19). The summed E-state index contributed by atoms with van der Waals surface area (Å²) in [6.45, 7) is 5.65. The number of nitrogens with one attached hydrogen (secondary N) is 1. The molecule has 7 heteroatoms. The molecule has 0 aliphatic heterocycles. The summed E-state index contributed by atoms with van der Waals surface area (Å²) >= 11 is 12.0. The normalized spacial score (nSPS) is 12.9. The van der Waals surface area contributed by atoms with Gasteiger partial charge in [0, 0.05) is 25.0 Å². The van der Waals surface area contributed by atoms with Crippen molar-refractivity contribution in [1.82, 2.24) is 10.3 Å². The van der Waals surface area contributed by atoms with Gasteiger partial charge in [-0.25, -0.2) is 4.79 Å². The minimum absolute atomic E-state index is 0.268. The van der Waals surface area contributed by atoms with Crippen LogP contribution in [0.1, 0.15) is 26.3 Å². The fourth-order valence-electron chi connectivity index (χ4n) is 1.50. The molecule has 0 aromatic carbocycles. The lowest BCUT2D eigenvalue weighted by molar-refractivity contribution is 0.0524. The van der Waals surface area contributed by atoms with Gasteiger partial charge in [-0.2, -0.15) is 0 Å². The van der Waals surface area contributed by atoms with Gasteiger partial charge in [-0.1, -0.05) is 23.2 Å². The zero-order valence-corrected chi connectivity index (χ0v) is 13.3. The van der Waals surface area contributed by atoms with Crippen molar-refractivity contribution in [3.05, 3.63) is 28.0 Å². The average Bonchev–Trinajstić information content (AvgIpc) is 2.29. The molecule has 5 nitrogen and oxygen atoms in total. The Hall–Kier alpha value is -1.04. The first-order valence-corrected chi connectivity index (χ1v) is 6.95. The van der Waals surface area contributed by atoms with Crippen LogP contribution in [0, 0.1) is 0 Å². The number of alkyl carbamates (subject to hydrolysis) is 1. The van der Waals surface area contributed by atoms with Crippen molar-refractivity contribution in [2.24, 2.45) is 5.73 Å². The fraction of sp³-hybridized carbons (Fsp3) is 0.538. The third-order valence-corrected chi connectivity index (χ3v) is 2.98. The summed E-state index contributed by atoms with van der Waals surface area (Å²) in [7, 11) is 0. The number of carbonyl (C=O) groups excluding carboxylic acids is 1. The molecule has 1 amide bonds. The predicted molar refractivity (Wildman–Crippen MR) is 80.2 cm³/mol. The first-order chi connectivity index (χ1) is 9.19. The third-order valence-electron chi connectivity index (χ3n) is 2.33. The Labute approximate surface area is 128 Å². The van der Waals surface area contributed by atoms with Gasteiger partial charge in [-0.05, 0) is 32.8 Å². The van der Waals surface area contributed by atoms with Gasteiger partial charge in [-0.15, -0.1) is 0 Å². The number of rotatable bonds is 4. The van der Waals surface area contributed by atoms with Gasteiger partial charge in [0.2, 0.25) is 0 Å². The number of pyridine rings is 1. The molecule has 20 heavy (non-hydrogen) atoms. The highest BCUT2D eigenvalue weighted by Gasteiger charge is 2.17. The molecule has 0 radical (unpaired) electrons. The van der Waals surface area contributed by atoms with Crippen LogP contribution in [0.25, 0.3) is 0 Å². The van der Waals surface area contributed by atoms with E-state index in [1.807, 2.05) is 0 Å². The SMILES string of the molecule is CC(C)(C)OC(=O)NCC(N)Cc1c(Cl)cncc1Cl. The number of nitrogens with zero attached hydrogens (tertiary/aromatic N) is 1. The molecule has 0 saturated carbocycles. The summed E-state index contributed by atoms with van der Waals surface area (Å²) in [5.41, 5.74) is 6.14. The molecule has 3 N–H and O–H groups in total. The highest BCUT2D eigenvalue weighted by Crippen LogP contribution is 2.23. The smallest absolute Gasteiger partial charge is 0.407 e. The van der Waals surface area contributed by atoms with Gasteiger partial charge in [0.05, 0.1) is 10.0 Å². The van der Waals surface area contributed by atoms with Gasteiger partial charge in [0.25, 0.3) is 0 Å². The molecule has 0 spiro atoms. The Morgan fingerprint density at radius 1 is 1.40 bits per heavy atom. The quantitative estimate of drug-likeness (QED) is 0.894. The van der Waals surface area contributed by atoms with E-state index in [1.165, 1.54) is 12.4 Å². The van der Waals surface area contributed by atoms with E-state index in [0.29, 0.717) is 16.5 Å². The Bertz CT molecular complexity index is 455. The number of hydrogen-bond donors (Lipinski definition) is 2. The molecule has 0 aliphatic carbocycles. The van der Waals surface area contributed by atoms with E-state index in [1.54, 1.807) is 20.8 Å². The van der Waals surface area contributed by atoms with E-state index >= 15 is 0 Å². The number of hydrogen-bond acceptors (Lipinski definition) is 4. The fourth-order valence-corrected chi connectivity index (χ4v) is 2.01. The molecule has 1 unspecified atom stereocenters. The van der Waals surface area contributed by atoms with Crippen molar-refractivity contribution in [3.8, 4) is 0 Å². The highest BCUT2D eigenvalue weighted by molar-refractivity contribution is 6.35. The monoisotopic (exact) mass is 319 g/mol. The number of amides is 1. The maximum atomic E-state index is 11.5. The maximum absolute atomic E-state index is 11.5. The van der Waals surface area contributed by atoms with Gasteiger partial charge >= 0.3 is 6.09 Å². The van der Waals surface area contributed by atoms with E-state index in [2.05, 4.69) is 10.3 Å². The second-order valence-electron chi connectivity index (χ2n) is 5.43. The van der Waals surface area contributed by atoms with E-state index < -0.39 is 11.7 Å². The molecule has 0 fully saturated rings. The minimum Gasteiger partial charge on any atom is -0.444 e. The molecule has 1 aromatic rings. The second-order valence-corrected chi connectivity index (χ2v) is 6.24. The Balaban J connectivity index is 2.48. The van der Waals surface area contributed by atoms with Gasteiger partial charge in [-0.3, -0.25) is 4.98 Å². The summed E-state index contributed by atoms with van der Waals surface area (Å²) in [4.78, 5) is 15.4. The second kappa shape index (κ2) is 7.11. The van der Waals surface area contributed by atoms with Crippen molar-refractivity contribution >= 4 is 29.3 Å². The predicted octanol–water partition coefficient (Wildman–Crippen LogP) is 2.78. The van der Waals surface area contributed by atoms with E-state index in [0.717, 1.165) is 5.56 Å². The number of ether oxygens (including phenoxy) is 1. The number of carbonyl (C=O) groups is 1. The van der Waals surface area contributed by atoms with E-state index in [9.17, 15) is 4.79 Å². The zero-order valence-electron chi connectivity index (χ0n) is 11.7. The van der Waals surface area contributed by atoms with E-state index in [-0.39, 0.29) is 12.6 Å². The van der Waals surface area contributed by atoms with Crippen LogP contribution in [-0.4, -0.2) is 29.3 Å². The van der Waals surface area contributed by atoms with Crippen LogP contribution in [0.4, 0.5) is 4.79 Å². The molecule has 0 saturated heterocycles. The van der Waals surface area contributed by atoms with Crippen molar-refractivity contribution in [2.45, 2.75) is 38.8 Å². The first kappa shape index (κ1) is 17.0. The Kier molecular flexibility index (Phi) is 6.05. The Morgan fingerprint density at radius 2 is 1.95 bits per heavy atom. The summed E-state index contributed by atoms with van der Waals surface area (Å²) < 4.78 is 5.12. The lowest BCUT2D eigenvalue weighted by Crippen LogP contribution is -2.41. The van der Waals surface area contributed by atoms with Crippen molar-refractivity contribution in [2.75, 3.05) is 6.54 Å². The van der Waals surface area contributed by atoms with Crippen LogP contribution in [-0.2, 0) is 11.2 Å².